The standard InChI is InChI=1S/C28H25FN2O6S/c1-30-27(32)25-22-13-18-15-35-28(11-12-28)16-31(38(2,33)34)23(18)14-24(22)37-26(25)17-3-7-20(8-4-17)36-21-9-5-19(29)6-10-21/h3-10,13-14H,11-12,15-16H2,1-2H3,(H,30,32). The van der Waals surface area contributed by atoms with Crippen molar-refractivity contribution in [2.75, 3.05) is 24.2 Å². The molecule has 38 heavy (non-hydrogen) atoms. The molecule has 1 aliphatic carbocycles. The molecule has 0 saturated heterocycles. The molecule has 10 heteroatoms. The Morgan fingerprint density at radius 1 is 1.05 bits per heavy atom. The van der Waals surface area contributed by atoms with Crippen molar-refractivity contribution in [1.82, 2.24) is 5.32 Å². The van der Waals surface area contributed by atoms with Crippen LogP contribution in [0, 0.1) is 5.82 Å². The number of ether oxygens (including phenoxy) is 2. The van der Waals surface area contributed by atoms with Crippen LogP contribution in [0.1, 0.15) is 28.8 Å². The zero-order valence-corrected chi connectivity index (χ0v) is 21.6. The number of furan rings is 1. The lowest BCUT2D eigenvalue weighted by Crippen LogP contribution is -2.37. The Kier molecular flexibility index (Phi) is 5.69. The summed E-state index contributed by atoms with van der Waals surface area (Å²) < 4.78 is 58.1. The van der Waals surface area contributed by atoms with Crippen LogP contribution < -0.4 is 14.4 Å². The molecule has 2 aliphatic rings. The molecule has 1 aromatic heterocycles. The highest BCUT2D eigenvalue weighted by Gasteiger charge is 2.49. The SMILES string of the molecule is CNC(=O)c1c(-c2ccc(Oc3ccc(F)cc3)cc2)oc2cc3c(cc12)COC1(CC1)CN3S(C)(=O)=O. The molecule has 0 radical (unpaired) electrons. The van der Waals surface area contributed by atoms with Gasteiger partial charge >= 0.3 is 0 Å². The third kappa shape index (κ3) is 4.39. The van der Waals surface area contributed by atoms with Crippen LogP contribution in [-0.2, 0) is 21.4 Å². The predicted molar refractivity (Wildman–Crippen MR) is 140 cm³/mol. The van der Waals surface area contributed by atoms with Crippen molar-refractivity contribution in [2.24, 2.45) is 0 Å². The van der Waals surface area contributed by atoms with Gasteiger partial charge in [-0.2, -0.15) is 0 Å². The van der Waals surface area contributed by atoms with Crippen molar-refractivity contribution in [2.45, 2.75) is 25.0 Å². The van der Waals surface area contributed by atoms with Gasteiger partial charge in [0.15, 0.2) is 0 Å². The number of carbonyl (C=O) groups is 1. The summed E-state index contributed by atoms with van der Waals surface area (Å²) in [6, 6.07) is 16.1. The van der Waals surface area contributed by atoms with E-state index in [2.05, 4.69) is 5.32 Å². The van der Waals surface area contributed by atoms with Gasteiger partial charge in [0.2, 0.25) is 10.0 Å². The van der Waals surface area contributed by atoms with Gasteiger partial charge in [-0.05, 0) is 67.4 Å². The van der Waals surface area contributed by atoms with Crippen molar-refractivity contribution in [1.29, 1.82) is 0 Å². The minimum absolute atomic E-state index is 0.237. The molecule has 2 heterocycles. The van der Waals surface area contributed by atoms with E-state index in [1.54, 1.807) is 43.4 Å². The zero-order valence-electron chi connectivity index (χ0n) is 20.8. The number of carbonyl (C=O) groups excluding carboxylic acids is 1. The molecule has 1 aliphatic heterocycles. The van der Waals surface area contributed by atoms with Gasteiger partial charge in [0.05, 0.1) is 36.3 Å². The van der Waals surface area contributed by atoms with Crippen LogP contribution in [0.4, 0.5) is 10.1 Å². The second-order valence-electron chi connectivity index (χ2n) is 9.68. The molecule has 3 aromatic carbocycles. The number of benzene rings is 3. The third-order valence-corrected chi connectivity index (χ3v) is 8.08. The van der Waals surface area contributed by atoms with Crippen LogP contribution in [0.3, 0.4) is 0 Å². The van der Waals surface area contributed by atoms with Crippen molar-refractivity contribution in [3.63, 3.8) is 0 Å². The summed E-state index contributed by atoms with van der Waals surface area (Å²) in [4.78, 5) is 13.0. The van der Waals surface area contributed by atoms with E-state index in [4.69, 9.17) is 13.9 Å². The van der Waals surface area contributed by atoms with Crippen LogP contribution in [0.25, 0.3) is 22.3 Å². The minimum Gasteiger partial charge on any atom is -0.457 e. The summed E-state index contributed by atoms with van der Waals surface area (Å²) in [7, 11) is -2.03. The van der Waals surface area contributed by atoms with Crippen molar-refractivity contribution >= 4 is 32.6 Å². The predicted octanol–water partition coefficient (Wildman–Crippen LogP) is 5.22. The van der Waals surface area contributed by atoms with Gasteiger partial charge in [0, 0.05) is 29.6 Å². The first-order valence-electron chi connectivity index (χ1n) is 12.1. The van der Waals surface area contributed by atoms with E-state index in [-0.39, 0.29) is 24.9 Å². The topological polar surface area (TPSA) is 98.1 Å². The molecule has 0 unspecified atom stereocenters. The first-order chi connectivity index (χ1) is 18.2. The number of amides is 1. The number of rotatable bonds is 5. The summed E-state index contributed by atoms with van der Waals surface area (Å²) in [5, 5.41) is 3.24. The van der Waals surface area contributed by atoms with Crippen LogP contribution >= 0.6 is 0 Å². The lowest BCUT2D eigenvalue weighted by atomic mass is 10.0. The molecule has 6 rings (SSSR count). The molecule has 1 saturated carbocycles. The van der Waals surface area contributed by atoms with Crippen molar-refractivity contribution < 1.29 is 31.5 Å². The van der Waals surface area contributed by atoms with Gasteiger partial charge in [-0.1, -0.05) is 0 Å². The lowest BCUT2D eigenvalue weighted by molar-refractivity contribution is 0.0316. The fraction of sp³-hybridized carbons (Fsp3) is 0.250. The second-order valence-corrected chi connectivity index (χ2v) is 11.6. The highest BCUT2D eigenvalue weighted by atomic mass is 32.2. The highest BCUT2D eigenvalue weighted by molar-refractivity contribution is 7.92. The van der Waals surface area contributed by atoms with Gasteiger partial charge in [-0.25, -0.2) is 12.8 Å². The fourth-order valence-electron chi connectivity index (χ4n) is 4.75. The first-order valence-corrected chi connectivity index (χ1v) is 14.0. The molecule has 4 aromatic rings. The van der Waals surface area contributed by atoms with Crippen molar-refractivity contribution in [3.05, 3.63) is 77.6 Å². The number of nitrogens with zero attached hydrogens (tertiary/aromatic N) is 1. The maximum atomic E-state index is 13.2. The smallest absolute Gasteiger partial charge is 0.255 e. The van der Waals surface area contributed by atoms with E-state index < -0.39 is 15.6 Å². The molecule has 8 nitrogen and oxygen atoms in total. The molecule has 0 atom stereocenters. The summed E-state index contributed by atoms with van der Waals surface area (Å²) in [5.41, 5.74) is 2.08. The second kappa shape index (κ2) is 8.85. The number of hydrogen-bond donors (Lipinski definition) is 1. The molecule has 196 valence electrons. The number of sulfonamides is 1. The number of anilines is 1. The Morgan fingerprint density at radius 3 is 2.32 bits per heavy atom. The Hall–Kier alpha value is -3.89. The van der Waals surface area contributed by atoms with Crippen LogP contribution in [0.15, 0.2) is 65.1 Å². The first kappa shape index (κ1) is 24.4. The normalized spacial score (nSPS) is 16.2. The molecule has 1 N–H and O–H groups in total. The number of hydrogen-bond acceptors (Lipinski definition) is 6. The van der Waals surface area contributed by atoms with Crippen molar-refractivity contribution in [3.8, 4) is 22.8 Å². The van der Waals surface area contributed by atoms with Crippen LogP contribution in [0.5, 0.6) is 11.5 Å². The zero-order chi connectivity index (χ0) is 26.7. The largest absolute Gasteiger partial charge is 0.457 e. The van der Waals surface area contributed by atoms with Gasteiger partial charge in [0.1, 0.15) is 28.7 Å². The third-order valence-electron chi connectivity index (χ3n) is 6.95. The maximum Gasteiger partial charge on any atom is 0.255 e. The molecule has 1 spiro atoms. The summed E-state index contributed by atoms with van der Waals surface area (Å²) in [5.74, 6) is 0.674. The van der Waals surface area contributed by atoms with Gasteiger partial charge in [-0.3, -0.25) is 9.10 Å². The summed E-state index contributed by atoms with van der Waals surface area (Å²) >= 11 is 0. The van der Waals surface area contributed by atoms with Crippen LogP contribution in [0.2, 0.25) is 0 Å². The number of nitrogens with one attached hydrogen (secondary N) is 1. The molecular formula is C28H25FN2O6S. The van der Waals surface area contributed by atoms with E-state index in [1.165, 1.54) is 34.8 Å². The van der Waals surface area contributed by atoms with E-state index in [0.29, 0.717) is 50.6 Å². The van der Waals surface area contributed by atoms with E-state index in [9.17, 15) is 17.6 Å². The van der Waals surface area contributed by atoms with Gasteiger partial charge in [-0.15, -0.1) is 0 Å². The highest BCUT2D eigenvalue weighted by Crippen LogP contribution is 2.47. The average molecular weight is 537 g/mol. The quantitative estimate of drug-likeness (QED) is 0.376. The van der Waals surface area contributed by atoms with Gasteiger partial charge < -0.3 is 19.2 Å². The Labute approximate surface area is 219 Å². The summed E-state index contributed by atoms with van der Waals surface area (Å²) in [6.07, 6.45) is 2.79. The molecule has 1 amide bonds. The lowest BCUT2D eigenvalue weighted by Gasteiger charge is -2.24. The van der Waals surface area contributed by atoms with Crippen LogP contribution in [-0.4, -0.2) is 39.8 Å². The number of halogens is 1. The average Bonchev–Trinajstić information content (AvgIpc) is 3.61. The Morgan fingerprint density at radius 2 is 1.71 bits per heavy atom. The van der Waals surface area contributed by atoms with E-state index in [0.717, 1.165) is 12.8 Å². The Bertz CT molecular complexity index is 1660. The van der Waals surface area contributed by atoms with E-state index >= 15 is 0 Å². The molecular weight excluding hydrogens is 511 g/mol. The molecule has 1 fully saturated rings. The maximum absolute atomic E-state index is 13.2. The fourth-order valence-corrected chi connectivity index (χ4v) is 5.75. The van der Waals surface area contributed by atoms with Gasteiger partial charge in [0.25, 0.3) is 5.91 Å². The van der Waals surface area contributed by atoms with E-state index in [1.807, 2.05) is 0 Å². The minimum atomic E-state index is -3.57. The Balaban J connectivity index is 1.42. The number of fused-ring (bicyclic) bond motifs is 2. The summed E-state index contributed by atoms with van der Waals surface area (Å²) in [6.45, 7) is 0.482. The molecule has 0 bridgehead atoms. The monoisotopic (exact) mass is 536 g/mol.